The molecule has 0 radical (unpaired) electrons. The standard InChI is InChI=1S/C7H17NO5.C2H4O2/c1-8-2-4(10)6(12)7(13)5(11)3-9;1-2(3)4/h4-13H,2-3H2,1H3;1H3,(H,3,4)/t4-,5+,6+,7+;/m0./s1. The summed E-state index contributed by atoms with van der Waals surface area (Å²) in [4.78, 5) is 9.00. The summed E-state index contributed by atoms with van der Waals surface area (Å²) in [5, 5.41) is 54.9. The van der Waals surface area contributed by atoms with Gasteiger partial charge in [0.1, 0.15) is 18.3 Å². The van der Waals surface area contributed by atoms with Gasteiger partial charge in [-0.15, -0.1) is 0 Å². The van der Waals surface area contributed by atoms with Gasteiger partial charge >= 0.3 is 0 Å². The molecule has 0 heterocycles. The third kappa shape index (κ3) is 10.1. The Bertz CT molecular complexity index is 198. The lowest BCUT2D eigenvalue weighted by molar-refractivity contribution is -0.134. The number of hydrogen-bond donors (Lipinski definition) is 7. The molecule has 0 aliphatic heterocycles. The molecule has 0 aliphatic rings. The van der Waals surface area contributed by atoms with E-state index in [-0.39, 0.29) is 6.54 Å². The number of carboxylic acid groups (broad SMARTS) is 1. The fourth-order valence-electron chi connectivity index (χ4n) is 0.893. The van der Waals surface area contributed by atoms with Crippen LogP contribution in [-0.2, 0) is 4.79 Å². The van der Waals surface area contributed by atoms with Crippen molar-refractivity contribution < 1.29 is 35.4 Å². The quantitative estimate of drug-likeness (QED) is 0.261. The third-order valence-electron chi connectivity index (χ3n) is 1.74. The molecule has 0 fully saturated rings. The minimum atomic E-state index is -1.55. The van der Waals surface area contributed by atoms with Crippen molar-refractivity contribution in [1.82, 2.24) is 5.32 Å². The highest BCUT2D eigenvalue weighted by molar-refractivity contribution is 5.62. The fraction of sp³-hybridized carbons (Fsp3) is 0.889. The average Bonchev–Trinajstić information content (AvgIpc) is 2.25. The van der Waals surface area contributed by atoms with Crippen LogP contribution in [0.4, 0.5) is 0 Å². The number of rotatable bonds is 6. The normalized spacial score (nSPS) is 17.4. The van der Waals surface area contributed by atoms with Crippen LogP contribution in [0, 0.1) is 0 Å². The van der Waals surface area contributed by atoms with E-state index in [1.54, 1.807) is 7.05 Å². The van der Waals surface area contributed by atoms with E-state index in [4.69, 9.17) is 30.3 Å². The second-order valence-corrected chi connectivity index (χ2v) is 3.38. The van der Waals surface area contributed by atoms with Gasteiger partial charge in [0, 0.05) is 13.5 Å². The molecule has 0 aromatic heterocycles. The van der Waals surface area contributed by atoms with Crippen LogP contribution < -0.4 is 5.32 Å². The minimum absolute atomic E-state index is 0.0936. The van der Waals surface area contributed by atoms with Crippen molar-refractivity contribution in [3.05, 3.63) is 0 Å². The van der Waals surface area contributed by atoms with Crippen LogP contribution in [0.15, 0.2) is 0 Å². The topological polar surface area (TPSA) is 150 Å². The Morgan fingerprint density at radius 1 is 1.12 bits per heavy atom. The third-order valence-corrected chi connectivity index (χ3v) is 1.74. The first kappa shape index (κ1) is 18.6. The predicted octanol–water partition coefficient (Wildman–Crippen LogP) is -3.27. The molecule has 0 amide bonds. The minimum Gasteiger partial charge on any atom is -0.481 e. The van der Waals surface area contributed by atoms with E-state index in [2.05, 4.69) is 5.32 Å². The van der Waals surface area contributed by atoms with E-state index in [0.717, 1.165) is 6.92 Å². The highest BCUT2D eigenvalue weighted by atomic mass is 16.4. The molecule has 17 heavy (non-hydrogen) atoms. The summed E-state index contributed by atoms with van der Waals surface area (Å²) >= 11 is 0. The van der Waals surface area contributed by atoms with Gasteiger partial charge in [0.25, 0.3) is 5.97 Å². The first-order valence-electron chi connectivity index (χ1n) is 4.95. The zero-order valence-electron chi connectivity index (χ0n) is 9.82. The van der Waals surface area contributed by atoms with Crippen molar-refractivity contribution in [1.29, 1.82) is 0 Å². The van der Waals surface area contributed by atoms with Gasteiger partial charge < -0.3 is 36.0 Å². The monoisotopic (exact) mass is 255 g/mol. The molecule has 104 valence electrons. The van der Waals surface area contributed by atoms with Crippen molar-refractivity contribution in [2.75, 3.05) is 20.2 Å². The molecule has 0 aromatic rings. The first-order valence-corrected chi connectivity index (χ1v) is 4.95. The van der Waals surface area contributed by atoms with Crippen LogP contribution in [0.2, 0.25) is 0 Å². The maximum atomic E-state index is 9.21. The molecule has 0 saturated carbocycles. The van der Waals surface area contributed by atoms with Gasteiger partial charge in [0.2, 0.25) is 0 Å². The molecule has 7 N–H and O–H groups in total. The van der Waals surface area contributed by atoms with Crippen LogP contribution >= 0.6 is 0 Å². The summed E-state index contributed by atoms with van der Waals surface area (Å²) in [5.74, 6) is -0.833. The van der Waals surface area contributed by atoms with Gasteiger partial charge in [0.05, 0.1) is 12.7 Å². The fourth-order valence-corrected chi connectivity index (χ4v) is 0.893. The Kier molecular flexibility index (Phi) is 11.4. The second-order valence-electron chi connectivity index (χ2n) is 3.38. The lowest BCUT2D eigenvalue weighted by Gasteiger charge is -2.25. The summed E-state index contributed by atoms with van der Waals surface area (Å²) in [6.45, 7) is 0.515. The van der Waals surface area contributed by atoms with E-state index in [1.165, 1.54) is 0 Å². The lowest BCUT2D eigenvalue weighted by atomic mass is 10.0. The van der Waals surface area contributed by atoms with E-state index in [1.807, 2.05) is 0 Å². The van der Waals surface area contributed by atoms with Crippen molar-refractivity contribution in [3.8, 4) is 0 Å². The van der Waals surface area contributed by atoms with Gasteiger partial charge in [-0.2, -0.15) is 0 Å². The first-order chi connectivity index (χ1) is 7.77. The van der Waals surface area contributed by atoms with Crippen molar-refractivity contribution >= 4 is 5.97 Å². The Balaban J connectivity index is 0. The molecular weight excluding hydrogens is 234 g/mol. The van der Waals surface area contributed by atoms with E-state index < -0.39 is 37.0 Å². The van der Waals surface area contributed by atoms with E-state index in [9.17, 15) is 5.11 Å². The van der Waals surface area contributed by atoms with Crippen molar-refractivity contribution in [3.63, 3.8) is 0 Å². The molecule has 8 nitrogen and oxygen atoms in total. The number of hydrogen-bond acceptors (Lipinski definition) is 7. The van der Waals surface area contributed by atoms with E-state index in [0.29, 0.717) is 0 Å². The number of likely N-dealkylation sites (N-methyl/N-ethyl adjacent to an activating group) is 1. The SMILES string of the molecule is CC(=O)O.CNC[C@H](O)[C@@H](O)[C@H](O)[C@H](O)CO. The van der Waals surface area contributed by atoms with E-state index >= 15 is 0 Å². The van der Waals surface area contributed by atoms with Crippen molar-refractivity contribution in [2.45, 2.75) is 31.3 Å². The van der Waals surface area contributed by atoms with Crippen LogP contribution in [-0.4, -0.2) is 81.2 Å². The number of aliphatic hydroxyl groups excluding tert-OH is 5. The Morgan fingerprint density at radius 3 is 1.76 bits per heavy atom. The highest BCUT2D eigenvalue weighted by Crippen LogP contribution is 2.04. The highest BCUT2D eigenvalue weighted by Gasteiger charge is 2.29. The number of nitrogens with one attached hydrogen (secondary N) is 1. The number of aliphatic carboxylic acids is 1. The maximum absolute atomic E-state index is 9.21. The molecule has 0 aromatic carbocycles. The van der Waals surface area contributed by atoms with Gasteiger partial charge in [-0.1, -0.05) is 0 Å². The predicted molar refractivity (Wildman–Crippen MR) is 58.3 cm³/mol. The zero-order valence-corrected chi connectivity index (χ0v) is 9.82. The Hall–Kier alpha value is -0.770. The molecule has 8 heteroatoms. The lowest BCUT2D eigenvalue weighted by Crippen LogP contribution is -2.48. The smallest absolute Gasteiger partial charge is 0.300 e. The summed E-state index contributed by atoms with van der Waals surface area (Å²) < 4.78 is 0. The number of carbonyl (C=O) groups is 1. The average molecular weight is 255 g/mol. The van der Waals surface area contributed by atoms with Crippen LogP contribution in [0.1, 0.15) is 6.92 Å². The molecule has 0 rings (SSSR count). The molecule has 0 unspecified atom stereocenters. The summed E-state index contributed by atoms with van der Waals surface area (Å²) in [5.41, 5.74) is 0. The molecule has 0 aliphatic carbocycles. The van der Waals surface area contributed by atoms with Crippen LogP contribution in [0.5, 0.6) is 0 Å². The molecule has 0 saturated heterocycles. The maximum Gasteiger partial charge on any atom is 0.300 e. The van der Waals surface area contributed by atoms with Gasteiger partial charge in [-0.3, -0.25) is 4.79 Å². The Morgan fingerprint density at radius 2 is 1.47 bits per heavy atom. The largest absolute Gasteiger partial charge is 0.481 e. The molecule has 0 bridgehead atoms. The van der Waals surface area contributed by atoms with Gasteiger partial charge in [0.15, 0.2) is 0 Å². The van der Waals surface area contributed by atoms with Crippen molar-refractivity contribution in [2.24, 2.45) is 0 Å². The van der Waals surface area contributed by atoms with Gasteiger partial charge in [-0.05, 0) is 7.05 Å². The summed E-state index contributed by atoms with van der Waals surface area (Å²) in [7, 11) is 1.57. The second kappa shape index (κ2) is 10.4. The van der Waals surface area contributed by atoms with Crippen LogP contribution in [0.25, 0.3) is 0 Å². The number of aliphatic hydroxyl groups is 5. The summed E-state index contributed by atoms with van der Waals surface area (Å²) in [6.07, 6.45) is -5.65. The molecule has 4 atom stereocenters. The van der Waals surface area contributed by atoms with Gasteiger partial charge in [-0.25, -0.2) is 0 Å². The molecule has 0 spiro atoms. The Labute approximate surface area is 99.1 Å². The van der Waals surface area contributed by atoms with Crippen LogP contribution in [0.3, 0.4) is 0 Å². The molecular formula is C9H21NO7. The summed E-state index contributed by atoms with van der Waals surface area (Å²) in [6, 6.07) is 0. The number of carboxylic acids is 1. The zero-order chi connectivity index (χ0) is 14.0.